The molecule has 1 aromatic carbocycles. The maximum absolute atomic E-state index is 11.6. The van der Waals surface area contributed by atoms with Crippen molar-refractivity contribution in [1.29, 1.82) is 0 Å². The van der Waals surface area contributed by atoms with E-state index in [1.54, 1.807) is 6.92 Å². The molecule has 3 heteroatoms. The van der Waals surface area contributed by atoms with Crippen molar-refractivity contribution in [3.63, 3.8) is 0 Å². The van der Waals surface area contributed by atoms with E-state index in [-0.39, 0.29) is 5.78 Å². The van der Waals surface area contributed by atoms with Crippen molar-refractivity contribution in [3.05, 3.63) is 35.0 Å². The van der Waals surface area contributed by atoms with E-state index in [4.69, 9.17) is 11.6 Å². The third kappa shape index (κ3) is 1.45. The average molecular weight is 234 g/mol. The van der Waals surface area contributed by atoms with Gasteiger partial charge in [-0.1, -0.05) is 17.7 Å². The Bertz CT molecular complexity index is 581. The van der Waals surface area contributed by atoms with Gasteiger partial charge in [-0.25, -0.2) is 0 Å². The number of hydrogen-bond donors (Lipinski definition) is 0. The molecule has 1 aliphatic carbocycles. The molecule has 16 heavy (non-hydrogen) atoms. The molecule has 0 aliphatic heterocycles. The van der Waals surface area contributed by atoms with Gasteiger partial charge in [0.05, 0.1) is 5.52 Å². The standard InChI is InChI=1S/C13H12ClNO/c1-8(16)12-7-15(10-3-4-10)13-6-9(14)2-5-11(12)13/h2,5-7,10H,3-4H2,1H3. The minimum Gasteiger partial charge on any atom is -0.344 e. The number of fused-ring (bicyclic) bond motifs is 1. The number of carbonyl (C=O) groups is 1. The van der Waals surface area contributed by atoms with Crippen LogP contribution in [0.2, 0.25) is 5.02 Å². The summed E-state index contributed by atoms with van der Waals surface area (Å²) < 4.78 is 2.19. The highest BCUT2D eigenvalue weighted by Crippen LogP contribution is 2.39. The van der Waals surface area contributed by atoms with Gasteiger partial charge in [0.2, 0.25) is 0 Å². The van der Waals surface area contributed by atoms with Gasteiger partial charge in [0.1, 0.15) is 0 Å². The Morgan fingerprint density at radius 3 is 2.81 bits per heavy atom. The van der Waals surface area contributed by atoms with Crippen molar-refractivity contribution in [2.45, 2.75) is 25.8 Å². The number of nitrogens with zero attached hydrogens (tertiary/aromatic N) is 1. The van der Waals surface area contributed by atoms with Gasteiger partial charge < -0.3 is 4.57 Å². The number of halogens is 1. The third-order valence-corrected chi connectivity index (χ3v) is 3.35. The summed E-state index contributed by atoms with van der Waals surface area (Å²) in [7, 11) is 0. The number of Topliss-reactive ketones (excluding diaryl/α,β-unsaturated/α-hetero) is 1. The van der Waals surface area contributed by atoms with Gasteiger partial charge in [-0.3, -0.25) is 4.79 Å². The molecule has 0 atom stereocenters. The summed E-state index contributed by atoms with van der Waals surface area (Å²) in [6.45, 7) is 1.61. The Labute approximate surface area is 98.8 Å². The fraction of sp³-hybridized carbons (Fsp3) is 0.308. The molecular weight excluding hydrogens is 222 g/mol. The van der Waals surface area contributed by atoms with E-state index in [1.807, 2.05) is 24.4 Å². The minimum absolute atomic E-state index is 0.117. The highest BCUT2D eigenvalue weighted by atomic mass is 35.5. The molecule has 0 amide bonds. The zero-order valence-corrected chi connectivity index (χ0v) is 9.79. The van der Waals surface area contributed by atoms with Crippen LogP contribution in [0.3, 0.4) is 0 Å². The maximum atomic E-state index is 11.6. The second-order valence-corrected chi connectivity index (χ2v) is 4.84. The second-order valence-electron chi connectivity index (χ2n) is 4.40. The van der Waals surface area contributed by atoms with Gasteiger partial charge in [0.15, 0.2) is 5.78 Å². The van der Waals surface area contributed by atoms with Crippen molar-refractivity contribution >= 4 is 28.3 Å². The highest BCUT2D eigenvalue weighted by molar-refractivity contribution is 6.31. The first-order valence-corrected chi connectivity index (χ1v) is 5.85. The molecule has 0 radical (unpaired) electrons. The Morgan fingerprint density at radius 2 is 2.19 bits per heavy atom. The molecule has 2 nitrogen and oxygen atoms in total. The molecule has 0 saturated heterocycles. The van der Waals surface area contributed by atoms with Crippen molar-refractivity contribution in [1.82, 2.24) is 4.57 Å². The minimum atomic E-state index is 0.117. The van der Waals surface area contributed by atoms with E-state index in [0.717, 1.165) is 21.5 Å². The lowest BCUT2D eigenvalue weighted by molar-refractivity contribution is 0.101. The topological polar surface area (TPSA) is 22.0 Å². The Kier molecular flexibility index (Phi) is 2.08. The van der Waals surface area contributed by atoms with Gasteiger partial charge in [-0.05, 0) is 31.9 Å². The van der Waals surface area contributed by atoms with Crippen LogP contribution >= 0.6 is 11.6 Å². The second kappa shape index (κ2) is 3.36. The van der Waals surface area contributed by atoms with Crippen LogP contribution < -0.4 is 0 Å². The number of hydrogen-bond acceptors (Lipinski definition) is 1. The fourth-order valence-electron chi connectivity index (χ4n) is 2.16. The lowest BCUT2D eigenvalue weighted by atomic mass is 10.1. The molecular formula is C13H12ClNO. The summed E-state index contributed by atoms with van der Waals surface area (Å²) in [5, 5.41) is 1.74. The van der Waals surface area contributed by atoms with Crippen LogP contribution in [0.1, 0.15) is 36.2 Å². The number of aromatic nitrogens is 1. The van der Waals surface area contributed by atoms with Gasteiger partial charge >= 0.3 is 0 Å². The molecule has 1 fully saturated rings. The quantitative estimate of drug-likeness (QED) is 0.723. The molecule has 0 spiro atoms. The van der Waals surface area contributed by atoms with Crippen molar-refractivity contribution in [2.24, 2.45) is 0 Å². The van der Waals surface area contributed by atoms with Gasteiger partial charge in [0.25, 0.3) is 0 Å². The molecule has 3 rings (SSSR count). The molecule has 2 aromatic rings. The van der Waals surface area contributed by atoms with Gasteiger partial charge in [0, 0.05) is 28.2 Å². The van der Waals surface area contributed by atoms with Crippen molar-refractivity contribution < 1.29 is 4.79 Å². The first-order chi connectivity index (χ1) is 7.66. The SMILES string of the molecule is CC(=O)c1cn(C2CC2)c2cc(Cl)ccc12. The first-order valence-electron chi connectivity index (χ1n) is 5.48. The third-order valence-electron chi connectivity index (χ3n) is 3.12. The summed E-state index contributed by atoms with van der Waals surface area (Å²) in [5.74, 6) is 0.117. The van der Waals surface area contributed by atoms with E-state index >= 15 is 0 Å². The van der Waals surface area contributed by atoms with Crippen LogP contribution in [-0.2, 0) is 0 Å². The fourth-order valence-corrected chi connectivity index (χ4v) is 2.33. The van der Waals surface area contributed by atoms with Crippen LogP contribution in [-0.4, -0.2) is 10.4 Å². The number of carbonyl (C=O) groups excluding carboxylic acids is 1. The monoisotopic (exact) mass is 233 g/mol. The maximum Gasteiger partial charge on any atom is 0.161 e. The summed E-state index contributed by atoms with van der Waals surface area (Å²) >= 11 is 6.01. The zero-order chi connectivity index (χ0) is 11.3. The van der Waals surface area contributed by atoms with Crippen LogP contribution in [0, 0.1) is 0 Å². The molecule has 1 heterocycles. The van der Waals surface area contributed by atoms with Gasteiger partial charge in [-0.15, -0.1) is 0 Å². The molecule has 1 aromatic heterocycles. The molecule has 1 aliphatic rings. The Morgan fingerprint density at radius 1 is 1.44 bits per heavy atom. The molecule has 1 saturated carbocycles. The number of rotatable bonds is 2. The van der Waals surface area contributed by atoms with E-state index < -0.39 is 0 Å². The van der Waals surface area contributed by atoms with Crippen LogP contribution in [0.15, 0.2) is 24.4 Å². The normalized spacial score (nSPS) is 15.6. The zero-order valence-electron chi connectivity index (χ0n) is 9.03. The Balaban J connectivity index is 2.32. The summed E-state index contributed by atoms with van der Waals surface area (Å²) in [6.07, 6.45) is 4.38. The van der Waals surface area contributed by atoms with E-state index in [0.29, 0.717) is 6.04 Å². The van der Waals surface area contributed by atoms with Crippen LogP contribution in [0.25, 0.3) is 10.9 Å². The van der Waals surface area contributed by atoms with Crippen LogP contribution in [0.5, 0.6) is 0 Å². The first kappa shape index (κ1) is 9.91. The van der Waals surface area contributed by atoms with Gasteiger partial charge in [-0.2, -0.15) is 0 Å². The van der Waals surface area contributed by atoms with Crippen LogP contribution in [0.4, 0.5) is 0 Å². The van der Waals surface area contributed by atoms with Crippen molar-refractivity contribution in [3.8, 4) is 0 Å². The number of benzene rings is 1. The van der Waals surface area contributed by atoms with E-state index in [9.17, 15) is 4.79 Å². The largest absolute Gasteiger partial charge is 0.344 e. The highest BCUT2D eigenvalue weighted by Gasteiger charge is 2.26. The average Bonchev–Trinajstić information content (AvgIpc) is 3.00. The Hall–Kier alpha value is -1.28. The van der Waals surface area contributed by atoms with E-state index in [2.05, 4.69) is 4.57 Å². The van der Waals surface area contributed by atoms with E-state index in [1.165, 1.54) is 12.8 Å². The lowest BCUT2D eigenvalue weighted by Gasteiger charge is -2.01. The molecule has 0 bridgehead atoms. The predicted octanol–water partition coefficient (Wildman–Crippen LogP) is 3.83. The molecule has 82 valence electrons. The lowest BCUT2D eigenvalue weighted by Crippen LogP contribution is -1.91. The molecule has 0 unspecified atom stereocenters. The summed E-state index contributed by atoms with van der Waals surface area (Å²) in [6, 6.07) is 6.29. The summed E-state index contributed by atoms with van der Waals surface area (Å²) in [4.78, 5) is 11.6. The summed E-state index contributed by atoms with van der Waals surface area (Å²) in [5.41, 5.74) is 1.89. The van der Waals surface area contributed by atoms with Crippen molar-refractivity contribution in [2.75, 3.05) is 0 Å². The smallest absolute Gasteiger partial charge is 0.161 e. The molecule has 0 N–H and O–H groups in total. The predicted molar refractivity (Wildman–Crippen MR) is 65.2 cm³/mol. The number of ketones is 1.